The van der Waals surface area contributed by atoms with E-state index in [4.69, 9.17) is 4.74 Å². The van der Waals surface area contributed by atoms with Gasteiger partial charge in [0.05, 0.1) is 6.42 Å². The fourth-order valence-corrected chi connectivity index (χ4v) is 3.20. The summed E-state index contributed by atoms with van der Waals surface area (Å²) in [5, 5.41) is 0. The number of carbonyl (C=O) groups is 1. The minimum atomic E-state index is -0.0701. The molecule has 3 aromatic rings. The number of ether oxygens (including phenoxy) is 1. The molecular formula is C23H20O2. The molecule has 1 fully saturated rings. The van der Waals surface area contributed by atoms with Gasteiger partial charge in [-0.1, -0.05) is 78.9 Å². The molecule has 25 heavy (non-hydrogen) atoms. The molecular weight excluding hydrogens is 308 g/mol. The molecule has 0 aliphatic carbocycles. The van der Waals surface area contributed by atoms with E-state index in [9.17, 15) is 4.79 Å². The van der Waals surface area contributed by atoms with Crippen molar-refractivity contribution in [3.05, 3.63) is 84.4 Å². The van der Waals surface area contributed by atoms with Gasteiger partial charge in [0.1, 0.15) is 6.10 Å². The molecule has 1 aliphatic heterocycles. The molecule has 0 aromatic heterocycles. The number of aryl methyl sites for hydroxylation is 1. The van der Waals surface area contributed by atoms with Gasteiger partial charge in [0, 0.05) is 0 Å². The summed E-state index contributed by atoms with van der Waals surface area (Å²) in [4.78, 5) is 10.8. The lowest BCUT2D eigenvalue weighted by molar-refractivity contribution is -0.169. The zero-order valence-electron chi connectivity index (χ0n) is 14.0. The van der Waals surface area contributed by atoms with Crippen molar-refractivity contribution in [3.8, 4) is 22.3 Å². The first-order valence-electron chi connectivity index (χ1n) is 8.72. The van der Waals surface area contributed by atoms with Crippen molar-refractivity contribution in [2.75, 3.05) is 0 Å². The maximum atomic E-state index is 10.8. The average molecular weight is 328 g/mol. The summed E-state index contributed by atoms with van der Waals surface area (Å²) in [5.41, 5.74) is 6.20. The van der Waals surface area contributed by atoms with E-state index in [2.05, 4.69) is 72.8 Å². The van der Waals surface area contributed by atoms with Crippen LogP contribution in [0.2, 0.25) is 0 Å². The predicted octanol–water partition coefficient (Wildman–Crippen LogP) is 5.27. The smallest absolute Gasteiger partial charge is 0.309 e. The van der Waals surface area contributed by atoms with Crippen molar-refractivity contribution in [3.63, 3.8) is 0 Å². The van der Waals surface area contributed by atoms with Crippen LogP contribution in [0.4, 0.5) is 0 Å². The molecule has 0 spiro atoms. The van der Waals surface area contributed by atoms with Crippen LogP contribution in [-0.2, 0) is 16.0 Å². The van der Waals surface area contributed by atoms with Crippen molar-refractivity contribution < 1.29 is 9.53 Å². The average Bonchev–Trinajstić information content (AvgIpc) is 2.66. The monoisotopic (exact) mass is 328 g/mol. The Balaban J connectivity index is 1.42. The molecule has 0 saturated carbocycles. The van der Waals surface area contributed by atoms with E-state index in [1.54, 1.807) is 0 Å². The van der Waals surface area contributed by atoms with Crippen molar-refractivity contribution in [2.24, 2.45) is 0 Å². The fraction of sp³-hybridized carbons (Fsp3) is 0.174. The number of rotatable bonds is 5. The minimum absolute atomic E-state index is 0.0701. The van der Waals surface area contributed by atoms with Crippen LogP contribution in [0.1, 0.15) is 18.4 Å². The molecule has 0 amide bonds. The minimum Gasteiger partial charge on any atom is -0.462 e. The van der Waals surface area contributed by atoms with Gasteiger partial charge in [-0.2, -0.15) is 0 Å². The summed E-state index contributed by atoms with van der Waals surface area (Å²) in [6.45, 7) is 0. The maximum absolute atomic E-state index is 10.8. The predicted molar refractivity (Wildman–Crippen MR) is 100 cm³/mol. The maximum Gasteiger partial charge on any atom is 0.309 e. The number of carbonyl (C=O) groups excluding carboxylic acids is 1. The summed E-state index contributed by atoms with van der Waals surface area (Å²) in [7, 11) is 0. The number of hydrogen-bond acceptors (Lipinski definition) is 2. The van der Waals surface area contributed by atoms with Gasteiger partial charge in [0.25, 0.3) is 0 Å². The molecule has 0 bridgehead atoms. The topological polar surface area (TPSA) is 26.3 Å². The third kappa shape index (κ3) is 3.63. The Labute approximate surface area is 148 Å². The van der Waals surface area contributed by atoms with E-state index in [-0.39, 0.29) is 12.1 Å². The second-order valence-corrected chi connectivity index (χ2v) is 6.49. The summed E-state index contributed by atoms with van der Waals surface area (Å²) in [6, 6.07) is 27.8. The Morgan fingerprint density at radius 3 is 1.72 bits per heavy atom. The molecule has 4 rings (SSSR count). The Morgan fingerprint density at radius 1 is 0.720 bits per heavy atom. The first-order chi connectivity index (χ1) is 12.3. The lowest BCUT2D eigenvalue weighted by Crippen LogP contribution is -2.32. The van der Waals surface area contributed by atoms with Crippen LogP contribution < -0.4 is 0 Å². The van der Waals surface area contributed by atoms with Gasteiger partial charge in [-0.15, -0.1) is 0 Å². The quantitative estimate of drug-likeness (QED) is 0.597. The molecule has 2 nitrogen and oxygen atoms in total. The summed E-state index contributed by atoms with van der Waals surface area (Å²) >= 11 is 0. The molecule has 1 heterocycles. The highest BCUT2D eigenvalue weighted by Crippen LogP contribution is 2.26. The first-order valence-corrected chi connectivity index (χ1v) is 8.72. The number of benzene rings is 3. The highest BCUT2D eigenvalue weighted by molar-refractivity contribution is 5.75. The van der Waals surface area contributed by atoms with Crippen LogP contribution in [0.3, 0.4) is 0 Å². The molecule has 2 heteroatoms. The summed E-state index contributed by atoms with van der Waals surface area (Å²) < 4.78 is 5.06. The molecule has 0 N–H and O–H groups in total. The fourth-order valence-electron chi connectivity index (χ4n) is 3.20. The van der Waals surface area contributed by atoms with Crippen molar-refractivity contribution in [1.29, 1.82) is 0 Å². The lowest BCUT2D eigenvalue weighted by Gasteiger charge is -2.25. The normalized spacial score (nSPS) is 16.2. The highest BCUT2D eigenvalue weighted by atomic mass is 16.6. The van der Waals surface area contributed by atoms with Crippen LogP contribution in [0.15, 0.2) is 78.9 Å². The van der Waals surface area contributed by atoms with Gasteiger partial charge in [0.15, 0.2) is 0 Å². The van der Waals surface area contributed by atoms with Gasteiger partial charge >= 0.3 is 5.97 Å². The molecule has 1 unspecified atom stereocenters. The van der Waals surface area contributed by atoms with Gasteiger partial charge in [0.2, 0.25) is 0 Å². The highest BCUT2D eigenvalue weighted by Gasteiger charge is 2.27. The van der Waals surface area contributed by atoms with E-state index in [0.717, 1.165) is 12.8 Å². The van der Waals surface area contributed by atoms with E-state index >= 15 is 0 Å². The van der Waals surface area contributed by atoms with E-state index in [0.29, 0.717) is 6.42 Å². The third-order valence-electron chi connectivity index (χ3n) is 4.73. The Bertz CT molecular complexity index is 841. The van der Waals surface area contributed by atoms with Crippen LogP contribution in [0.5, 0.6) is 0 Å². The Morgan fingerprint density at radius 2 is 1.20 bits per heavy atom. The van der Waals surface area contributed by atoms with Crippen molar-refractivity contribution in [2.45, 2.75) is 25.4 Å². The summed E-state index contributed by atoms with van der Waals surface area (Å²) in [5.74, 6) is -0.0701. The van der Waals surface area contributed by atoms with Crippen LogP contribution >= 0.6 is 0 Å². The number of esters is 1. The van der Waals surface area contributed by atoms with Gasteiger partial charge in [-0.25, -0.2) is 0 Å². The second kappa shape index (κ2) is 6.94. The van der Waals surface area contributed by atoms with E-state index in [1.807, 2.05) is 6.07 Å². The van der Waals surface area contributed by atoms with Crippen LogP contribution in [0.25, 0.3) is 22.3 Å². The molecule has 3 aromatic carbocycles. The molecule has 1 saturated heterocycles. The lowest BCUT2D eigenvalue weighted by atomic mass is 9.98. The molecule has 124 valence electrons. The van der Waals surface area contributed by atoms with Crippen LogP contribution in [0, 0.1) is 0 Å². The van der Waals surface area contributed by atoms with Gasteiger partial charge in [-0.05, 0) is 40.7 Å². The second-order valence-electron chi connectivity index (χ2n) is 6.49. The van der Waals surface area contributed by atoms with Crippen molar-refractivity contribution >= 4 is 5.97 Å². The molecule has 0 radical (unpaired) electrons. The molecule has 1 atom stereocenters. The largest absolute Gasteiger partial charge is 0.462 e. The van der Waals surface area contributed by atoms with Gasteiger partial charge < -0.3 is 4.74 Å². The zero-order valence-corrected chi connectivity index (χ0v) is 14.0. The SMILES string of the molecule is O=C1CC(CCc2ccc(-c3ccc(-c4ccccc4)cc3)cc2)O1. The number of cyclic esters (lactones) is 1. The Kier molecular flexibility index (Phi) is 4.34. The van der Waals surface area contributed by atoms with Crippen LogP contribution in [-0.4, -0.2) is 12.1 Å². The Hall–Kier alpha value is -2.87. The zero-order chi connectivity index (χ0) is 17.1. The molecule has 1 aliphatic rings. The number of hydrogen-bond donors (Lipinski definition) is 0. The first kappa shape index (κ1) is 15.6. The van der Waals surface area contributed by atoms with Crippen molar-refractivity contribution in [1.82, 2.24) is 0 Å². The van der Waals surface area contributed by atoms with E-state index in [1.165, 1.54) is 27.8 Å². The standard InChI is InChI=1S/C23H20O2/c24-23-16-22(25-23)15-8-17-6-9-19(10-7-17)21-13-11-20(12-14-21)18-4-2-1-3-5-18/h1-7,9-14,22H,8,15-16H2. The summed E-state index contributed by atoms with van der Waals surface area (Å²) in [6.07, 6.45) is 2.56. The van der Waals surface area contributed by atoms with E-state index < -0.39 is 0 Å². The van der Waals surface area contributed by atoms with Gasteiger partial charge in [-0.3, -0.25) is 4.79 Å². The third-order valence-corrected chi connectivity index (χ3v) is 4.73.